The highest BCUT2D eigenvalue weighted by atomic mass is 16.5. The number of anilines is 1. The highest BCUT2D eigenvalue weighted by molar-refractivity contribution is 6.02. The largest absolute Gasteiger partial charge is 0.496 e. The maximum absolute atomic E-state index is 13.4. The van der Waals surface area contributed by atoms with Crippen LogP contribution in [-0.2, 0) is 11.2 Å². The van der Waals surface area contributed by atoms with E-state index < -0.39 is 0 Å². The Morgan fingerprint density at radius 1 is 1.00 bits per heavy atom. The van der Waals surface area contributed by atoms with Gasteiger partial charge in [0.25, 0.3) is 5.91 Å². The highest BCUT2D eigenvalue weighted by Gasteiger charge is 2.27. The third-order valence-corrected chi connectivity index (χ3v) is 7.07. The first kappa shape index (κ1) is 23.1. The fourth-order valence-corrected chi connectivity index (χ4v) is 5.10. The smallest absolute Gasteiger partial charge is 0.255 e. The van der Waals surface area contributed by atoms with Gasteiger partial charge in [0.1, 0.15) is 11.6 Å². The van der Waals surface area contributed by atoms with Crippen molar-refractivity contribution < 1.29 is 14.3 Å². The summed E-state index contributed by atoms with van der Waals surface area (Å²) in [7, 11) is 1.62. The van der Waals surface area contributed by atoms with E-state index in [1.807, 2.05) is 59.5 Å². The molecule has 7 heteroatoms. The van der Waals surface area contributed by atoms with E-state index in [2.05, 4.69) is 10.2 Å². The number of aromatic nitrogens is 1. The van der Waals surface area contributed by atoms with Crippen LogP contribution in [0.15, 0.2) is 54.6 Å². The summed E-state index contributed by atoms with van der Waals surface area (Å²) in [6.45, 7) is 3.12. The van der Waals surface area contributed by atoms with E-state index in [-0.39, 0.29) is 17.9 Å². The van der Waals surface area contributed by atoms with Gasteiger partial charge in [-0.05, 0) is 43.9 Å². The summed E-state index contributed by atoms with van der Waals surface area (Å²) in [4.78, 5) is 35.2. The van der Waals surface area contributed by atoms with Crippen LogP contribution in [0.1, 0.15) is 41.6 Å². The molecule has 0 bridgehead atoms. The van der Waals surface area contributed by atoms with Crippen LogP contribution in [0.4, 0.5) is 5.82 Å². The molecule has 0 aliphatic carbocycles. The number of nitrogens with zero attached hydrogens (tertiary/aromatic N) is 3. The van der Waals surface area contributed by atoms with Gasteiger partial charge in [0, 0.05) is 43.2 Å². The van der Waals surface area contributed by atoms with Gasteiger partial charge < -0.3 is 19.9 Å². The topological polar surface area (TPSA) is 74.8 Å². The van der Waals surface area contributed by atoms with Gasteiger partial charge in [-0.15, -0.1) is 0 Å². The summed E-state index contributed by atoms with van der Waals surface area (Å²) < 4.78 is 5.38. The third kappa shape index (κ3) is 5.09. The quantitative estimate of drug-likeness (QED) is 0.591. The lowest BCUT2D eigenvalue weighted by Gasteiger charge is -2.33. The maximum Gasteiger partial charge on any atom is 0.255 e. The number of rotatable bonds is 6. The van der Waals surface area contributed by atoms with Crippen LogP contribution in [-0.4, -0.2) is 61.0 Å². The first-order valence-electron chi connectivity index (χ1n) is 12.5. The molecule has 0 unspecified atom stereocenters. The first-order chi connectivity index (χ1) is 17.1. The number of ether oxygens (including phenoxy) is 1. The van der Waals surface area contributed by atoms with Crippen molar-refractivity contribution in [3.05, 3.63) is 65.7 Å². The van der Waals surface area contributed by atoms with Gasteiger partial charge in [-0.1, -0.05) is 36.4 Å². The van der Waals surface area contributed by atoms with E-state index in [0.29, 0.717) is 25.1 Å². The van der Waals surface area contributed by atoms with E-state index in [1.165, 1.54) is 0 Å². The number of para-hydroxylation sites is 2. The molecule has 3 heterocycles. The molecular formula is C28H32N4O3. The van der Waals surface area contributed by atoms with E-state index in [9.17, 15) is 9.59 Å². The van der Waals surface area contributed by atoms with Crippen LogP contribution in [0.25, 0.3) is 10.9 Å². The minimum Gasteiger partial charge on any atom is -0.496 e. The fourth-order valence-electron chi connectivity index (χ4n) is 5.10. The minimum atomic E-state index is -0.0797. The molecule has 35 heavy (non-hydrogen) atoms. The lowest BCUT2D eigenvalue weighted by atomic mass is 10.0. The number of nitrogens with one attached hydrogen (secondary N) is 1. The summed E-state index contributed by atoms with van der Waals surface area (Å²) >= 11 is 0. The van der Waals surface area contributed by atoms with Gasteiger partial charge in [-0.3, -0.25) is 9.59 Å². The van der Waals surface area contributed by atoms with Gasteiger partial charge in [0.05, 0.1) is 24.6 Å². The normalized spacial score (nSPS) is 16.5. The zero-order valence-corrected chi connectivity index (χ0v) is 20.2. The summed E-state index contributed by atoms with van der Waals surface area (Å²) in [6, 6.07) is 17.6. The highest BCUT2D eigenvalue weighted by Crippen LogP contribution is 2.27. The van der Waals surface area contributed by atoms with Gasteiger partial charge in [0.15, 0.2) is 0 Å². The van der Waals surface area contributed by atoms with Crippen LogP contribution in [0.3, 0.4) is 0 Å². The summed E-state index contributed by atoms with van der Waals surface area (Å²) in [5.74, 6) is 1.53. The Hall–Kier alpha value is -3.61. The number of methoxy groups -OCH3 is 1. The van der Waals surface area contributed by atoms with Gasteiger partial charge in [0.2, 0.25) is 5.91 Å². The maximum atomic E-state index is 13.4. The molecule has 5 rings (SSSR count). The molecule has 0 spiro atoms. The van der Waals surface area contributed by atoms with E-state index >= 15 is 0 Å². The monoisotopic (exact) mass is 472 g/mol. The average Bonchev–Trinajstić information content (AvgIpc) is 3.43. The molecule has 0 saturated carbocycles. The number of amides is 2. The molecule has 1 N–H and O–H groups in total. The molecule has 1 aromatic heterocycles. The fraction of sp³-hybridized carbons (Fsp3) is 0.393. The Balaban J connectivity index is 1.24. The lowest BCUT2D eigenvalue weighted by molar-refractivity contribution is -0.131. The van der Waals surface area contributed by atoms with Crippen molar-refractivity contribution in [3.63, 3.8) is 0 Å². The van der Waals surface area contributed by atoms with Crippen molar-refractivity contribution in [1.82, 2.24) is 15.2 Å². The lowest BCUT2D eigenvalue weighted by Crippen LogP contribution is -2.47. The molecule has 182 valence electrons. The van der Waals surface area contributed by atoms with Gasteiger partial charge in [-0.25, -0.2) is 4.98 Å². The van der Waals surface area contributed by atoms with Crippen LogP contribution < -0.4 is 15.0 Å². The molecule has 2 fully saturated rings. The predicted molar refractivity (Wildman–Crippen MR) is 137 cm³/mol. The average molecular weight is 473 g/mol. The molecular weight excluding hydrogens is 440 g/mol. The van der Waals surface area contributed by atoms with Crippen LogP contribution in [0.5, 0.6) is 5.75 Å². The number of piperidine rings is 1. The van der Waals surface area contributed by atoms with Crippen molar-refractivity contribution in [2.75, 3.05) is 38.2 Å². The number of benzene rings is 2. The summed E-state index contributed by atoms with van der Waals surface area (Å²) in [6.07, 6.45) is 4.05. The van der Waals surface area contributed by atoms with Crippen LogP contribution in [0.2, 0.25) is 0 Å². The van der Waals surface area contributed by atoms with Crippen molar-refractivity contribution in [1.29, 1.82) is 0 Å². The zero-order valence-electron chi connectivity index (χ0n) is 20.2. The summed E-state index contributed by atoms with van der Waals surface area (Å²) in [5.41, 5.74) is 2.45. The number of carbonyl (C=O) groups is 2. The zero-order chi connectivity index (χ0) is 24.2. The minimum absolute atomic E-state index is 0.0377. The molecule has 3 aromatic rings. The Morgan fingerprint density at radius 3 is 2.49 bits per heavy atom. The van der Waals surface area contributed by atoms with Crippen LogP contribution in [0, 0.1) is 0 Å². The summed E-state index contributed by atoms with van der Waals surface area (Å²) in [5, 5.41) is 4.20. The van der Waals surface area contributed by atoms with Crippen molar-refractivity contribution >= 4 is 28.5 Å². The third-order valence-electron chi connectivity index (χ3n) is 7.07. The Morgan fingerprint density at radius 2 is 1.71 bits per heavy atom. The van der Waals surface area contributed by atoms with Crippen LogP contribution >= 0.6 is 0 Å². The number of pyridine rings is 1. The SMILES string of the molecule is COc1ccccc1CC(=O)N1CCC(NC(=O)c2cc3ccccc3nc2N2CCCC2)CC1. The molecule has 2 amide bonds. The standard InChI is InChI=1S/C28H32N4O3/c1-35-25-11-5-3-9-21(25)19-26(33)31-16-12-22(13-17-31)29-28(34)23-18-20-8-2-4-10-24(20)30-27(23)32-14-6-7-15-32/h2-5,8-11,18,22H,6-7,12-17,19H2,1H3,(H,29,34). The molecule has 2 aliphatic heterocycles. The number of hydrogen-bond acceptors (Lipinski definition) is 5. The van der Waals surface area contributed by atoms with Crippen molar-refractivity contribution in [2.24, 2.45) is 0 Å². The van der Waals surface area contributed by atoms with E-state index in [1.54, 1.807) is 7.11 Å². The number of likely N-dealkylation sites (tertiary alicyclic amines) is 1. The first-order valence-corrected chi connectivity index (χ1v) is 12.5. The molecule has 2 saturated heterocycles. The molecule has 0 radical (unpaired) electrons. The predicted octanol–water partition coefficient (Wildman–Crippen LogP) is 3.81. The molecule has 2 aliphatic rings. The Kier molecular flexibility index (Phi) is 6.84. The van der Waals surface area contributed by atoms with Crippen molar-refractivity contribution in [3.8, 4) is 5.75 Å². The second-order valence-corrected chi connectivity index (χ2v) is 9.36. The van der Waals surface area contributed by atoms with E-state index in [0.717, 1.165) is 66.8 Å². The van der Waals surface area contributed by atoms with Gasteiger partial charge >= 0.3 is 0 Å². The van der Waals surface area contributed by atoms with E-state index in [4.69, 9.17) is 9.72 Å². The van der Waals surface area contributed by atoms with Gasteiger partial charge in [-0.2, -0.15) is 0 Å². The molecule has 0 atom stereocenters. The van der Waals surface area contributed by atoms with Crippen molar-refractivity contribution in [2.45, 2.75) is 38.1 Å². The molecule has 2 aromatic carbocycles. The number of carbonyl (C=O) groups excluding carboxylic acids is 2. The molecule has 7 nitrogen and oxygen atoms in total. The Bertz CT molecular complexity index is 1210. The Labute approximate surface area is 206 Å². The second-order valence-electron chi connectivity index (χ2n) is 9.36. The number of hydrogen-bond donors (Lipinski definition) is 1. The second kappa shape index (κ2) is 10.3. The number of fused-ring (bicyclic) bond motifs is 1.